The zero-order valence-corrected chi connectivity index (χ0v) is 12.9. The number of phenols is 1. The summed E-state index contributed by atoms with van der Waals surface area (Å²) in [7, 11) is 0. The van der Waals surface area contributed by atoms with E-state index in [0.717, 1.165) is 0 Å². The van der Waals surface area contributed by atoms with Crippen molar-refractivity contribution in [2.75, 3.05) is 0 Å². The van der Waals surface area contributed by atoms with Crippen LogP contribution in [0.3, 0.4) is 0 Å². The minimum Gasteiger partial charge on any atom is -0.508 e. The molecule has 0 aliphatic heterocycles. The molecule has 4 nitrogen and oxygen atoms in total. The number of halogens is 1. The fourth-order valence-corrected chi connectivity index (χ4v) is 2.42. The first-order valence-corrected chi connectivity index (χ1v) is 7.47. The number of carbonyl (C=O) groups excluding carboxylic acids is 1. The van der Waals surface area contributed by atoms with Crippen molar-refractivity contribution in [3.05, 3.63) is 89.6 Å². The molecule has 0 unspecified atom stereocenters. The normalized spacial score (nSPS) is 10.5. The van der Waals surface area contributed by atoms with Crippen molar-refractivity contribution in [2.45, 2.75) is 13.1 Å². The summed E-state index contributed by atoms with van der Waals surface area (Å²) in [5.74, 6) is 0.0780. The van der Waals surface area contributed by atoms with Crippen LogP contribution in [-0.2, 0) is 13.1 Å². The maximum absolute atomic E-state index is 13.1. The van der Waals surface area contributed by atoms with Gasteiger partial charge in [-0.05, 0) is 42.5 Å². The van der Waals surface area contributed by atoms with Crippen molar-refractivity contribution >= 4 is 5.91 Å². The van der Waals surface area contributed by atoms with Crippen LogP contribution in [0.1, 0.15) is 21.7 Å². The summed E-state index contributed by atoms with van der Waals surface area (Å²) in [4.78, 5) is 14.3. The van der Waals surface area contributed by atoms with E-state index < -0.39 is 5.82 Å². The molecule has 122 valence electrons. The lowest BCUT2D eigenvalue weighted by Crippen LogP contribution is -2.30. The molecular weight excluding hydrogens is 309 g/mol. The van der Waals surface area contributed by atoms with E-state index in [0.29, 0.717) is 16.9 Å². The summed E-state index contributed by atoms with van der Waals surface area (Å²) in [6, 6.07) is 15.7. The number of benzene rings is 2. The summed E-state index contributed by atoms with van der Waals surface area (Å²) >= 11 is 0. The molecular formula is C19H16FNO3. The Hall–Kier alpha value is -3.08. The van der Waals surface area contributed by atoms with Crippen molar-refractivity contribution in [1.82, 2.24) is 4.90 Å². The maximum Gasteiger partial charge on any atom is 0.254 e. The molecule has 1 aromatic heterocycles. The van der Waals surface area contributed by atoms with Gasteiger partial charge in [-0.1, -0.05) is 18.2 Å². The molecule has 5 heteroatoms. The van der Waals surface area contributed by atoms with Gasteiger partial charge in [-0.2, -0.15) is 0 Å². The Morgan fingerprint density at radius 2 is 1.75 bits per heavy atom. The molecule has 24 heavy (non-hydrogen) atoms. The van der Waals surface area contributed by atoms with E-state index in [1.165, 1.54) is 30.5 Å². The van der Waals surface area contributed by atoms with Crippen LogP contribution >= 0.6 is 0 Å². The van der Waals surface area contributed by atoms with Gasteiger partial charge in [0.1, 0.15) is 17.3 Å². The number of hydrogen-bond donors (Lipinski definition) is 1. The highest BCUT2D eigenvalue weighted by molar-refractivity contribution is 5.94. The quantitative estimate of drug-likeness (QED) is 0.772. The summed E-state index contributed by atoms with van der Waals surface area (Å²) in [5.41, 5.74) is 0.998. The smallest absolute Gasteiger partial charge is 0.254 e. The van der Waals surface area contributed by atoms with Gasteiger partial charge in [0.15, 0.2) is 0 Å². The third kappa shape index (κ3) is 3.63. The molecule has 0 spiro atoms. The Labute approximate surface area is 138 Å². The lowest BCUT2D eigenvalue weighted by Gasteiger charge is -2.22. The number of hydrogen-bond acceptors (Lipinski definition) is 3. The average Bonchev–Trinajstić information content (AvgIpc) is 3.09. The molecule has 0 saturated carbocycles. The van der Waals surface area contributed by atoms with Crippen molar-refractivity contribution < 1.29 is 18.7 Å². The Kier molecular flexibility index (Phi) is 4.61. The first-order valence-electron chi connectivity index (χ1n) is 7.47. The zero-order valence-electron chi connectivity index (χ0n) is 12.9. The Morgan fingerprint density at radius 1 is 1.00 bits per heavy atom. The third-order valence-electron chi connectivity index (χ3n) is 3.66. The van der Waals surface area contributed by atoms with Gasteiger partial charge in [-0.25, -0.2) is 4.39 Å². The van der Waals surface area contributed by atoms with Gasteiger partial charge in [0, 0.05) is 11.1 Å². The molecule has 3 aromatic rings. The Balaban J connectivity index is 1.87. The molecule has 2 aromatic carbocycles. The lowest BCUT2D eigenvalue weighted by atomic mass is 10.1. The van der Waals surface area contributed by atoms with Crippen LogP contribution in [0.25, 0.3) is 0 Å². The molecule has 1 N–H and O–H groups in total. The molecule has 0 fully saturated rings. The van der Waals surface area contributed by atoms with Gasteiger partial charge in [0.25, 0.3) is 5.91 Å². The van der Waals surface area contributed by atoms with Gasteiger partial charge >= 0.3 is 0 Å². The van der Waals surface area contributed by atoms with Crippen molar-refractivity contribution in [2.24, 2.45) is 0 Å². The summed E-state index contributed by atoms with van der Waals surface area (Å²) in [5, 5.41) is 9.96. The van der Waals surface area contributed by atoms with E-state index in [1.807, 2.05) is 0 Å². The number of furan rings is 1. The van der Waals surface area contributed by atoms with Crippen molar-refractivity contribution in [3.8, 4) is 5.75 Å². The Bertz CT molecular complexity index is 813. The molecule has 3 rings (SSSR count). The summed E-state index contributed by atoms with van der Waals surface area (Å²) in [6.07, 6.45) is 1.54. The van der Waals surface area contributed by atoms with Crippen LogP contribution in [0.4, 0.5) is 4.39 Å². The molecule has 0 aliphatic rings. The van der Waals surface area contributed by atoms with Crippen LogP contribution < -0.4 is 0 Å². The van der Waals surface area contributed by atoms with Crippen LogP contribution in [0, 0.1) is 5.82 Å². The summed E-state index contributed by atoms with van der Waals surface area (Å²) < 4.78 is 18.4. The lowest BCUT2D eigenvalue weighted by molar-refractivity contribution is 0.0716. The fourth-order valence-electron chi connectivity index (χ4n) is 2.42. The number of phenolic OH excluding ortho intramolecular Hbond substituents is 1. The predicted octanol–water partition coefficient (Wildman–Crippen LogP) is 3.97. The zero-order chi connectivity index (χ0) is 16.9. The number of para-hydroxylation sites is 1. The minimum atomic E-state index is -0.398. The molecule has 0 saturated heterocycles. The molecule has 0 atom stereocenters. The van der Waals surface area contributed by atoms with Gasteiger partial charge in [0.2, 0.25) is 0 Å². The number of amides is 1. The molecule has 1 amide bonds. The highest BCUT2D eigenvalue weighted by Gasteiger charge is 2.19. The van der Waals surface area contributed by atoms with E-state index in [9.17, 15) is 14.3 Å². The van der Waals surface area contributed by atoms with Gasteiger partial charge in [-0.3, -0.25) is 4.79 Å². The minimum absolute atomic E-state index is 0.119. The van der Waals surface area contributed by atoms with Crippen LogP contribution in [0.5, 0.6) is 5.75 Å². The standard InChI is InChI=1S/C19H16FNO3/c20-16-9-7-14(8-10-16)19(23)21(13-17-5-3-11-24-17)12-15-4-1-2-6-18(15)22/h1-11,22H,12-13H2. The number of carbonyl (C=O) groups is 1. The van der Waals surface area contributed by atoms with Gasteiger partial charge in [-0.15, -0.1) is 0 Å². The monoisotopic (exact) mass is 325 g/mol. The molecule has 1 heterocycles. The van der Waals surface area contributed by atoms with E-state index in [1.54, 1.807) is 41.3 Å². The fraction of sp³-hybridized carbons (Fsp3) is 0.105. The average molecular weight is 325 g/mol. The third-order valence-corrected chi connectivity index (χ3v) is 3.66. The largest absolute Gasteiger partial charge is 0.508 e. The van der Waals surface area contributed by atoms with Gasteiger partial charge < -0.3 is 14.4 Å². The van der Waals surface area contributed by atoms with Crippen LogP contribution in [-0.4, -0.2) is 15.9 Å². The maximum atomic E-state index is 13.1. The second-order valence-electron chi connectivity index (χ2n) is 5.38. The SMILES string of the molecule is O=C(c1ccc(F)cc1)N(Cc1ccco1)Cc1ccccc1O. The molecule has 0 bridgehead atoms. The van der Waals surface area contributed by atoms with E-state index in [4.69, 9.17) is 4.42 Å². The van der Waals surface area contributed by atoms with Crippen molar-refractivity contribution in [3.63, 3.8) is 0 Å². The van der Waals surface area contributed by atoms with Crippen LogP contribution in [0.15, 0.2) is 71.3 Å². The second-order valence-corrected chi connectivity index (χ2v) is 5.38. The van der Waals surface area contributed by atoms with E-state index >= 15 is 0 Å². The number of nitrogens with zero attached hydrogens (tertiary/aromatic N) is 1. The Morgan fingerprint density at radius 3 is 2.42 bits per heavy atom. The van der Waals surface area contributed by atoms with Gasteiger partial charge in [0.05, 0.1) is 19.4 Å². The first-order chi connectivity index (χ1) is 11.6. The van der Waals surface area contributed by atoms with Crippen molar-refractivity contribution in [1.29, 1.82) is 0 Å². The summed E-state index contributed by atoms with van der Waals surface area (Å²) in [6.45, 7) is 0.459. The van der Waals surface area contributed by atoms with E-state index in [-0.39, 0.29) is 24.7 Å². The molecule has 0 radical (unpaired) electrons. The van der Waals surface area contributed by atoms with E-state index in [2.05, 4.69) is 0 Å². The highest BCUT2D eigenvalue weighted by atomic mass is 19.1. The second kappa shape index (κ2) is 7.00. The predicted molar refractivity (Wildman–Crippen MR) is 86.8 cm³/mol. The topological polar surface area (TPSA) is 53.7 Å². The first kappa shape index (κ1) is 15.8. The number of aromatic hydroxyl groups is 1. The highest BCUT2D eigenvalue weighted by Crippen LogP contribution is 2.21. The number of rotatable bonds is 5. The molecule has 0 aliphatic carbocycles. The van der Waals surface area contributed by atoms with Crippen LogP contribution in [0.2, 0.25) is 0 Å².